The van der Waals surface area contributed by atoms with Gasteiger partial charge in [-0.05, 0) is 61.9 Å². The van der Waals surface area contributed by atoms with E-state index in [-0.39, 0.29) is 17.4 Å². The Morgan fingerprint density at radius 1 is 1.14 bits per heavy atom. The summed E-state index contributed by atoms with van der Waals surface area (Å²) in [4.78, 5) is 14.6. The highest BCUT2D eigenvalue weighted by atomic mass is 35.5. The molecule has 1 aromatic heterocycles. The number of carbonyl (C=O) groups excluding carboxylic acids is 1. The van der Waals surface area contributed by atoms with Crippen LogP contribution in [-0.4, -0.2) is 12.9 Å². The molecule has 3 rings (SSSR count). The van der Waals surface area contributed by atoms with Crippen molar-refractivity contribution in [2.45, 2.75) is 20.5 Å². The highest BCUT2D eigenvalue weighted by Gasteiger charge is 2.10. The van der Waals surface area contributed by atoms with E-state index in [1.54, 1.807) is 30.6 Å². The molecule has 2 aromatic carbocycles. The topological polar surface area (TPSA) is 35.5 Å². The Kier molecular flexibility index (Phi) is 6.72. The summed E-state index contributed by atoms with van der Waals surface area (Å²) in [5.41, 5.74) is 2.35. The molecule has 0 saturated heterocycles. The summed E-state index contributed by atoms with van der Waals surface area (Å²) < 4.78 is 24.3. The van der Waals surface area contributed by atoms with Crippen molar-refractivity contribution >= 4 is 34.8 Å². The molecule has 0 amide bonds. The average Bonchev–Trinajstić information content (AvgIpc) is 3.03. The van der Waals surface area contributed by atoms with Crippen molar-refractivity contribution in [3.8, 4) is 11.5 Å². The molecule has 0 aliphatic rings. The van der Waals surface area contributed by atoms with Crippen LogP contribution in [0.1, 0.15) is 31.2 Å². The van der Waals surface area contributed by atoms with Crippen LogP contribution >= 0.6 is 22.9 Å². The monoisotopic (exact) mass is 430 g/mol. The van der Waals surface area contributed by atoms with E-state index >= 15 is 0 Å². The van der Waals surface area contributed by atoms with E-state index in [0.29, 0.717) is 11.5 Å². The third-order valence-corrected chi connectivity index (χ3v) is 5.58. The maximum atomic E-state index is 13.2. The second-order valence-electron chi connectivity index (χ2n) is 6.46. The number of ether oxygens (including phenoxy) is 2. The van der Waals surface area contributed by atoms with Crippen LogP contribution in [0.3, 0.4) is 0 Å². The molecule has 0 saturated carbocycles. The van der Waals surface area contributed by atoms with Crippen LogP contribution in [0.25, 0.3) is 6.08 Å². The minimum Gasteiger partial charge on any atom is -0.496 e. The summed E-state index contributed by atoms with van der Waals surface area (Å²) in [6, 6.07) is 11.4. The zero-order chi connectivity index (χ0) is 21.0. The van der Waals surface area contributed by atoms with Gasteiger partial charge in [0.1, 0.15) is 23.9 Å². The van der Waals surface area contributed by atoms with Crippen molar-refractivity contribution in [1.82, 2.24) is 0 Å². The van der Waals surface area contributed by atoms with E-state index in [4.69, 9.17) is 21.1 Å². The second kappa shape index (κ2) is 9.25. The predicted molar refractivity (Wildman–Crippen MR) is 116 cm³/mol. The van der Waals surface area contributed by atoms with Gasteiger partial charge in [-0.2, -0.15) is 0 Å². The predicted octanol–water partition coefficient (Wildman–Crippen LogP) is 6.64. The van der Waals surface area contributed by atoms with Gasteiger partial charge in [0, 0.05) is 20.9 Å². The summed E-state index contributed by atoms with van der Waals surface area (Å²) in [5, 5.41) is 0.201. The van der Waals surface area contributed by atoms with Gasteiger partial charge in [0.15, 0.2) is 5.78 Å². The molecule has 0 radical (unpaired) electrons. The first-order valence-electron chi connectivity index (χ1n) is 8.91. The molecule has 0 bridgehead atoms. The number of carbonyl (C=O) groups is 1. The molecule has 29 heavy (non-hydrogen) atoms. The lowest BCUT2D eigenvalue weighted by molar-refractivity contribution is 0.104. The highest BCUT2D eigenvalue weighted by Crippen LogP contribution is 2.28. The van der Waals surface area contributed by atoms with E-state index < -0.39 is 5.82 Å². The van der Waals surface area contributed by atoms with Crippen LogP contribution in [0.5, 0.6) is 11.5 Å². The SMILES string of the molecule is COc1ccc(/C=C/C(=O)c2cc(C)sc2C)cc1COc1ccc(F)cc1Cl. The third kappa shape index (κ3) is 5.25. The highest BCUT2D eigenvalue weighted by molar-refractivity contribution is 7.12. The van der Waals surface area contributed by atoms with Crippen LogP contribution in [-0.2, 0) is 6.61 Å². The molecule has 0 atom stereocenters. The van der Waals surface area contributed by atoms with E-state index in [9.17, 15) is 9.18 Å². The Labute approximate surface area is 178 Å². The van der Waals surface area contributed by atoms with Gasteiger partial charge < -0.3 is 9.47 Å². The van der Waals surface area contributed by atoms with Crippen molar-refractivity contribution in [2.75, 3.05) is 7.11 Å². The molecule has 0 fully saturated rings. The number of thiophene rings is 1. The minimum absolute atomic E-state index is 0.0291. The molecule has 1 heterocycles. The first-order chi connectivity index (χ1) is 13.9. The fourth-order valence-electron chi connectivity index (χ4n) is 2.90. The largest absolute Gasteiger partial charge is 0.496 e. The van der Waals surface area contributed by atoms with Gasteiger partial charge in [-0.15, -0.1) is 11.3 Å². The smallest absolute Gasteiger partial charge is 0.186 e. The molecule has 3 aromatic rings. The number of hydrogen-bond acceptors (Lipinski definition) is 4. The lowest BCUT2D eigenvalue weighted by Gasteiger charge is -2.12. The van der Waals surface area contributed by atoms with Gasteiger partial charge in [-0.25, -0.2) is 4.39 Å². The van der Waals surface area contributed by atoms with E-state index in [0.717, 1.165) is 26.4 Å². The lowest BCUT2D eigenvalue weighted by Crippen LogP contribution is -2.00. The van der Waals surface area contributed by atoms with E-state index in [2.05, 4.69) is 0 Å². The summed E-state index contributed by atoms with van der Waals surface area (Å²) in [7, 11) is 1.57. The summed E-state index contributed by atoms with van der Waals surface area (Å²) in [6.45, 7) is 4.12. The number of ketones is 1. The van der Waals surface area contributed by atoms with Crippen molar-refractivity contribution < 1.29 is 18.7 Å². The maximum absolute atomic E-state index is 13.2. The summed E-state index contributed by atoms with van der Waals surface area (Å²) in [5.74, 6) is 0.580. The van der Waals surface area contributed by atoms with Gasteiger partial charge in [0.25, 0.3) is 0 Å². The van der Waals surface area contributed by atoms with Crippen molar-refractivity contribution in [2.24, 2.45) is 0 Å². The lowest BCUT2D eigenvalue weighted by atomic mass is 10.1. The number of allylic oxidation sites excluding steroid dienone is 1. The van der Waals surface area contributed by atoms with Crippen LogP contribution < -0.4 is 9.47 Å². The molecule has 0 aliphatic heterocycles. The Balaban J connectivity index is 1.77. The Morgan fingerprint density at radius 3 is 2.55 bits per heavy atom. The van der Waals surface area contributed by atoms with Crippen LogP contribution in [0.4, 0.5) is 4.39 Å². The van der Waals surface area contributed by atoms with Gasteiger partial charge in [0.05, 0.1) is 12.1 Å². The zero-order valence-electron chi connectivity index (χ0n) is 16.3. The normalized spacial score (nSPS) is 11.1. The van der Waals surface area contributed by atoms with E-state index in [1.165, 1.54) is 18.2 Å². The molecular weight excluding hydrogens is 411 g/mol. The molecule has 150 valence electrons. The molecule has 0 aliphatic carbocycles. The number of benzene rings is 2. The van der Waals surface area contributed by atoms with Crippen molar-refractivity contribution in [1.29, 1.82) is 0 Å². The molecule has 6 heteroatoms. The summed E-state index contributed by atoms with van der Waals surface area (Å²) in [6.07, 6.45) is 3.33. The van der Waals surface area contributed by atoms with Gasteiger partial charge in [0.2, 0.25) is 0 Å². The summed E-state index contributed by atoms with van der Waals surface area (Å²) >= 11 is 7.62. The van der Waals surface area contributed by atoms with Gasteiger partial charge in [-0.1, -0.05) is 23.7 Å². The molecule has 0 unspecified atom stereocenters. The third-order valence-electron chi connectivity index (χ3n) is 4.32. The van der Waals surface area contributed by atoms with Crippen LogP contribution in [0, 0.1) is 19.7 Å². The van der Waals surface area contributed by atoms with Gasteiger partial charge in [-0.3, -0.25) is 4.79 Å². The first kappa shape index (κ1) is 21.1. The molecule has 3 nitrogen and oxygen atoms in total. The minimum atomic E-state index is -0.423. The fraction of sp³-hybridized carbons (Fsp3) is 0.174. The van der Waals surface area contributed by atoms with Crippen LogP contribution in [0.15, 0.2) is 48.5 Å². The Morgan fingerprint density at radius 2 is 1.90 bits per heavy atom. The maximum Gasteiger partial charge on any atom is 0.186 e. The molecule has 0 N–H and O–H groups in total. The quantitative estimate of drug-likeness (QED) is 0.311. The second-order valence-corrected chi connectivity index (χ2v) is 8.33. The van der Waals surface area contributed by atoms with Crippen molar-refractivity contribution in [3.05, 3.63) is 85.8 Å². The number of methoxy groups -OCH3 is 1. The standard InChI is InChI=1S/C23H20ClFO3S/c1-14-10-19(15(2)29-14)21(26)7-4-16-5-8-22(27-3)17(11-16)13-28-23-9-6-18(25)12-20(23)24/h4-12H,13H2,1-3H3/b7-4+. The molecule has 0 spiro atoms. The first-order valence-corrected chi connectivity index (χ1v) is 10.1. The number of rotatable bonds is 7. The number of halogens is 2. The Hall–Kier alpha value is -2.63. The zero-order valence-corrected chi connectivity index (χ0v) is 17.9. The van der Waals surface area contributed by atoms with Crippen LogP contribution in [0.2, 0.25) is 5.02 Å². The average molecular weight is 431 g/mol. The Bertz CT molecular complexity index is 1070. The fourth-order valence-corrected chi connectivity index (χ4v) is 4.05. The number of aryl methyl sites for hydroxylation is 2. The van der Waals surface area contributed by atoms with Crippen molar-refractivity contribution in [3.63, 3.8) is 0 Å². The van der Waals surface area contributed by atoms with E-state index in [1.807, 2.05) is 38.1 Å². The number of hydrogen-bond donors (Lipinski definition) is 0. The molecular formula is C23H20ClFO3S. The van der Waals surface area contributed by atoms with Gasteiger partial charge >= 0.3 is 0 Å².